The van der Waals surface area contributed by atoms with Gasteiger partial charge < -0.3 is 14.5 Å². The van der Waals surface area contributed by atoms with Gasteiger partial charge in [-0.2, -0.15) is 0 Å². The minimum absolute atomic E-state index is 1.06. The smallest absolute Gasteiger partial charge is 0.0562 e. The topological polar surface area (TPSA) is 21.9 Å². The summed E-state index contributed by atoms with van der Waals surface area (Å²) in [6.07, 6.45) is 0. The van der Waals surface area contributed by atoms with Crippen LogP contribution in [0.2, 0.25) is 0 Å². The van der Waals surface area contributed by atoms with Gasteiger partial charge in [0.2, 0.25) is 0 Å². The van der Waals surface area contributed by atoms with Gasteiger partial charge in [-0.25, -0.2) is 0 Å². The molecule has 11 rings (SSSR count). The lowest BCUT2D eigenvalue weighted by Crippen LogP contribution is -1.96. The predicted octanol–water partition coefficient (Wildman–Crippen LogP) is 14.6. The molecule has 0 fully saturated rings. The van der Waals surface area contributed by atoms with E-state index in [1.807, 2.05) is 6.07 Å². The van der Waals surface area contributed by atoms with E-state index in [0.29, 0.717) is 0 Å². The van der Waals surface area contributed by atoms with Crippen molar-refractivity contribution in [3.8, 4) is 44.8 Å². The molecule has 0 radical (unpaired) electrons. The Labute approximate surface area is 331 Å². The summed E-state index contributed by atoms with van der Waals surface area (Å²) in [6.45, 7) is 0. The van der Waals surface area contributed by atoms with Crippen LogP contribution < -0.4 is 5.32 Å². The summed E-state index contributed by atoms with van der Waals surface area (Å²) in [5, 5.41) is 8.62. The molecular formula is C54H37N3. The molecule has 2 heterocycles. The lowest BCUT2D eigenvalue weighted by Gasteiger charge is -2.15. The summed E-state index contributed by atoms with van der Waals surface area (Å²) < 4.78 is 4.85. The van der Waals surface area contributed by atoms with Crippen molar-refractivity contribution in [2.75, 3.05) is 5.32 Å². The van der Waals surface area contributed by atoms with Crippen LogP contribution in [0.25, 0.3) is 88.4 Å². The second-order valence-corrected chi connectivity index (χ2v) is 14.7. The van der Waals surface area contributed by atoms with Crippen LogP contribution in [-0.4, -0.2) is 9.13 Å². The molecule has 2 aromatic heterocycles. The second kappa shape index (κ2) is 13.6. The Morgan fingerprint density at radius 3 is 1.49 bits per heavy atom. The van der Waals surface area contributed by atoms with Gasteiger partial charge in [0, 0.05) is 49.9 Å². The fourth-order valence-corrected chi connectivity index (χ4v) is 8.59. The molecule has 9 aromatic carbocycles. The summed E-state index contributed by atoms with van der Waals surface area (Å²) >= 11 is 0. The van der Waals surface area contributed by atoms with E-state index in [-0.39, 0.29) is 0 Å². The third-order valence-electron chi connectivity index (χ3n) is 11.3. The van der Waals surface area contributed by atoms with Crippen molar-refractivity contribution in [3.05, 3.63) is 218 Å². The number of nitrogens with zero attached hydrogens (tertiary/aromatic N) is 2. The maximum Gasteiger partial charge on any atom is 0.0562 e. The van der Waals surface area contributed by atoms with Crippen molar-refractivity contribution < 1.29 is 0 Å². The van der Waals surface area contributed by atoms with Gasteiger partial charge in [0.1, 0.15) is 0 Å². The van der Waals surface area contributed by atoms with Crippen LogP contribution in [0.5, 0.6) is 0 Å². The highest BCUT2D eigenvalue weighted by Gasteiger charge is 2.19. The van der Waals surface area contributed by atoms with Crippen molar-refractivity contribution in [3.63, 3.8) is 0 Å². The van der Waals surface area contributed by atoms with Crippen LogP contribution in [-0.2, 0) is 0 Å². The van der Waals surface area contributed by atoms with Crippen molar-refractivity contribution in [2.24, 2.45) is 0 Å². The Morgan fingerprint density at radius 2 is 0.772 bits per heavy atom. The minimum Gasteiger partial charge on any atom is -0.355 e. The molecule has 0 atom stereocenters. The van der Waals surface area contributed by atoms with Gasteiger partial charge in [-0.15, -0.1) is 0 Å². The molecule has 0 saturated heterocycles. The standard InChI is InChI=1S/C54H37N3/c1-5-15-37(16-6-1)38-25-29-44(30-26-38)57-51-24-14-13-23-45(51)48-35-49-47-34-41(28-32-52(47)56(54(49)36-53(48)57)43-21-11-4-12-22-43)40-27-31-50(55-42-19-9-3-10-20-42)46(33-40)39-17-7-2-8-18-39/h1-36,55H. The maximum absolute atomic E-state index is 3.68. The Morgan fingerprint density at radius 1 is 0.281 bits per heavy atom. The first kappa shape index (κ1) is 32.8. The lowest BCUT2D eigenvalue weighted by atomic mass is 9.96. The molecule has 0 aliphatic heterocycles. The zero-order chi connectivity index (χ0) is 37.7. The summed E-state index contributed by atoms with van der Waals surface area (Å²) in [7, 11) is 0. The minimum atomic E-state index is 1.06. The quantitative estimate of drug-likeness (QED) is 0.173. The van der Waals surface area contributed by atoms with Crippen LogP contribution in [0.4, 0.5) is 11.4 Å². The third kappa shape index (κ3) is 5.68. The molecule has 0 aliphatic carbocycles. The van der Waals surface area contributed by atoms with E-state index >= 15 is 0 Å². The number of para-hydroxylation sites is 3. The summed E-state index contributed by atoms with van der Waals surface area (Å²) in [5.74, 6) is 0. The van der Waals surface area contributed by atoms with Crippen molar-refractivity contribution in [1.29, 1.82) is 0 Å². The Kier molecular flexibility index (Phi) is 7.82. The monoisotopic (exact) mass is 727 g/mol. The van der Waals surface area contributed by atoms with Gasteiger partial charge in [-0.05, 0) is 107 Å². The highest BCUT2D eigenvalue weighted by molar-refractivity contribution is 6.19. The van der Waals surface area contributed by atoms with Crippen molar-refractivity contribution in [1.82, 2.24) is 9.13 Å². The van der Waals surface area contributed by atoms with E-state index in [9.17, 15) is 0 Å². The van der Waals surface area contributed by atoms with E-state index in [0.717, 1.165) is 28.3 Å². The first-order valence-electron chi connectivity index (χ1n) is 19.5. The maximum atomic E-state index is 3.68. The Hall–Kier alpha value is -7.62. The SMILES string of the molecule is c1ccc(Nc2ccc(-c3ccc4c(c3)c3cc5c6ccccc6n(-c6ccc(-c7ccccc7)cc6)c5cc3n4-c3ccccc3)cc2-c2ccccc2)cc1. The van der Waals surface area contributed by atoms with Crippen LogP contribution in [0.3, 0.4) is 0 Å². The van der Waals surface area contributed by atoms with Gasteiger partial charge in [-0.1, -0.05) is 140 Å². The molecule has 0 bridgehead atoms. The largest absolute Gasteiger partial charge is 0.355 e. The number of aromatic nitrogens is 2. The Balaban J connectivity index is 1.12. The molecule has 1 N–H and O–H groups in total. The average molecular weight is 728 g/mol. The number of hydrogen-bond acceptors (Lipinski definition) is 1. The van der Waals surface area contributed by atoms with E-state index in [1.165, 1.54) is 71.4 Å². The molecule has 0 saturated carbocycles. The molecular weight excluding hydrogens is 691 g/mol. The molecule has 0 unspecified atom stereocenters. The van der Waals surface area contributed by atoms with E-state index in [2.05, 4.69) is 227 Å². The van der Waals surface area contributed by atoms with Crippen LogP contribution in [0, 0.1) is 0 Å². The molecule has 11 aromatic rings. The van der Waals surface area contributed by atoms with Gasteiger partial charge in [0.15, 0.2) is 0 Å². The predicted molar refractivity (Wildman–Crippen MR) is 241 cm³/mol. The van der Waals surface area contributed by atoms with Crippen LogP contribution in [0.15, 0.2) is 218 Å². The zero-order valence-electron chi connectivity index (χ0n) is 31.2. The van der Waals surface area contributed by atoms with E-state index in [4.69, 9.17) is 0 Å². The average Bonchev–Trinajstić information content (AvgIpc) is 3.78. The number of anilines is 2. The van der Waals surface area contributed by atoms with Gasteiger partial charge >= 0.3 is 0 Å². The normalized spacial score (nSPS) is 11.5. The molecule has 0 aliphatic rings. The highest BCUT2D eigenvalue weighted by Crippen LogP contribution is 2.42. The zero-order valence-corrected chi connectivity index (χ0v) is 31.2. The second-order valence-electron chi connectivity index (χ2n) is 14.7. The molecule has 3 heteroatoms. The molecule has 0 amide bonds. The van der Waals surface area contributed by atoms with E-state index < -0.39 is 0 Å². The third-order valence-corrected chi connectivity index (χ3v) is 11.3. The van der Waals surface area contributed by atoms with Gasteiger partial charge in [0.25, 0.3) is 0 Å². The number of nitrogens with one attached hydrogen (secondary N) is 1. The molecule has 3 nitrogen and oxygen atoms in total. The lowest BCUT2D eigenvalue weighted by molar-refractivity contribution is 1.16. The molecule has 57 heavy (non-hydrogen) atoms. The van der Waals surface area contributed by atoms with Crippen LogP contribution >= 0.6 is 0 Å². The number of benzene rings is 9. The summed E-state index contributed by atoms with van der Waals surface area (Å²) in [6, 6.07) is 78.7. The van der Waals surface area contributed by atoms with E-state index in [1.54, 1.807) is 0 Å². The molecule has 0 spiro atoms. The summed E-state index contributed by atoms with van der Waals surface area (Å²) in [5.41, 5.74) is 16.3. The first-order chi connectivity index (χ1) is 28.3. The van der Waals surface area contributed by atoms with Crippen LogP contribution in [0.1, 0.15) is 0 Å². The number of hydrogen-bond donors (Lipinski definition) is 1. The summed E-state index contributed by atoms with van der Waals surface area (Å²) in [4.78, 5) is 0. The fourth-order valence-electron chi connectivity index (χ4n) is 8.59. The Bertz CT molecular complexity index is 3220. The highest BCUT2D eigenvalue weighted by atomic mass is 15.0. The number of fused-ring (bicyclic) bond motifs is 6. The van der Waals surface area contributed by atoms with Gasteiger partial charge in [0.05, 0.1) is 22.1 Å². The first-order valence-corrected chi connectivity index (χ1v) is 19.5. The molecule has 268 valence electrons. The fraction of sp³-hybridized carbons (Fsp3) is 0. The van der Waals surface area contributed by atoms with Crippen molar-refractivity contribution >= 4 is 55.0 Å². The van der Waals surface area contributed by atoms with Gasteiger partial charge in [-0.3, -0.25) is 0 Å². The number of rotatable bonds is 7. The van der Waals surface area contributed by atoms with Crippen molar-refractivity contribution in [2.45, 2.75) is 0 Å².